The van der Waals surface area contributed by atoms with Gasteiger partial charge in [-0.25, -0.2) is 0 Å². The minimum absolute atomic E-state index is 0.0249. The van der Waals surface area contributed by atoms with Crippen molar-refractivity contribution >= 4 is 5.91 Å². The topological polar surface area (TPSA) is 72.9 Å². The molecule has 0 radical (unpaired) electrons. The second kappa shape index (κ2) is 7.94. The summed E-state index contributed by atoms with van der Waals surface area (Å²) in [4.78, 5) is 12.2. The molecule has 5 heteroatoms. The Labute approximate surface area is 115 Å². The molecule has 3 N–H and O–H groups in total. The van der Waals surface area contributed by atoms with Crippen LogP contribution in [0.1, 0.15) is 49.2 Å². The van der Waals surface area contributed by atoms with Gasteiger partial charge in [-0.05, 0) is 31.7 Å². The number of nitrogens with zero attached hydrogens (tertiary/aromatic N) is 2. The van der Waals surface area contributed by atoms with Crippen LogP contribution in [-0.2, 0) is 13.5 Å². The van der Waals surface area contributed by atoms with E-state index < -0.39 is 0 Å². The molecule has 19 heavy (non-hydrogen) atoms. The Morgan fingerprint density at radius 3 is 2.79 bits per heavy atom. The van der Waals surface area contributed by atoms with Crippen LogP contribution in [0.15, 0.2) is 6.20 Å². The van der Waals surface area contributed by atoms with Gasteiger partial charge in [0.2, 0.25) is 0 Å². The second-order valence-corrected chi connectivity index (χ2v) is 4.96. The fraction of sp³-hybridized carbons (Fsp3) is 0.714. The van der Waals surface area contributed by atoms with E-state index in [1.54, 1.807) is 10.9 Å². The van der Waals surface area contributed by atoms with Gasteiger partial charge in [0.05, 0.1) is 11.3 Å². The minimum atomic E-state index is -0.0249. The van der Waals surface area contributed by atoms with Gasteiger partial charge < -0.3 is 11.1 Å². The maximum Gasteiger partial charge on any atom is 0.254 e. The summed E-state index contributed by atoms with van der Waals surface area (Å²) in [6.07, 6.45) is 5.73. The standard InChI is InChI=1S/C14H26N4O/c1-4-6-11(7-8-15)9-16-14(19)12-10-18(3)17-13(12)5-2/h10-11H,4-9,15H2,1-3H3,(H,16,19). The molecule has 1 unspecified atom stereocenters. The van der Waals surface area contributed by atoms with Gasteiger partial charge in [-0.1, -0.05) is 20.3 Å². The lowest BCUT2D eigenvalue weighted by Crippen LogP contribution is -2.30. The Morgan fingerprint density at radius 2 is 2.21 bits per heavy atom. The number of amides is 1. The van der Waals surface area contributed by atoms with Crippen molar-refractivity contribution in [1.29, 1.82) is 0 Å². The van der Waals surface area contributed by atoms with Crippen molar-refractivity contribution in [2.75, 3.05) is 13.1 Å². The average Bonchev–Trinajstić information content (AvgIpc) is 2.77. The molecule has 1 heterocycles. The van der Waals surface area contributed by atoms with Crippen LogP contribution in [0.4, 0.5) is 0 Å². The Morgan fingerprint density at radius 1 is 1.47 bits per heavy atom. The number of nitrogens with one attached hydrogen (secondary N) is 1. The zero-order valence-corrected chi connectivity index (χ0v) is 12.3. The summed E-state index contributed by atoms with van der Waals surface area (Å²) < 4.78 is 1.69. The molecule has 1 aromatic rings. The van der Waals surface area contributed by atoms with Gasteiger partial charge >= 0.3 is 0 Å². The first kappa shape index (κ1) is 15.7. The molecule has 0 aliphatic rings. The Bertz CT molecular complexity index is 394. The summed E-state index contributed by atoms with van der Waals surface area (Å²) in [5.41, 5.74) is 7.14. The van der Waals surface area contributed by atoms with E-state index in [0.29, 0.717) is 24.6 Å². The quantitative estimate of drug-likeness (QED) is 0.748. The number of nitrogens with two attached hydrogens (primary N) is 1. The lowest BCUT2D eigenvalue weighted by Gasteiger charge is -2.15. The van der Waals surface area contributed by atoms with E-state index in [1.165, 1.54) is 0 Å². The van der Waals surface area contributed by atoms with E-state index in [0.717, 1.165) is 31.4 Å². The maximum atomic E-state index is 12.2. The smallest absolute Gasteiger partial charge is 0.254 e. The molecule has 0 aliphatic heterocycles. The van der Waals surface area contributed by atoms with Gasteiger partial charge in [0.1, 0.15) is 0 Å². The lowest BCUT2D eigenvalue weighted by molar-refractivity contribution is 0.0944. The summed E-state index contributed by atoms with van der Waals surface area (Å²) in [5.74, 6) is 0.448. The average molecular weight is 266 g/mol. The fourth-order valence-electron chi connectivity index (χ4n) is 2.31. The summed E-state index contributed by atoms with van der Waals surface area (Å²) >= 11 is 0. The molecular weight excluding hydrogens is 240 g/mol. The molecule has 1 aromatic heterocycles. The van der Waals surface area contributed by atoms with Crippen LogP contribution < -0.4 is 11.1 Å². The number of aromatic nitrogens is 2. The zero-order valence-electron chi connectivity index (χ0n) is 12.3. The van der Waals surface area contributed by atoms with Gasteiger partial charge in [0.25, 0.3) is 5.91 Å². The first-order valence-electron chi connectivity index (χ1n) is 7.13. The first-order chi connectivity index (χ1) is 9.12. The van der Waals surface area contributed by atoms with Gasteiger partial charge in [0, 0.05) is 19.8 Å². The molecule has 1 atom stereocenters. The Hall–Kier alpha value is -1.36. The van der Waals surface area contributed by atoms with E-state index in [4.69, 9.17) is 5.73 Å². The van der Waals surface area contributed by atoms with E-state index in [1.807, 2.05) is 14.0 Å². The lowest BCUT2D eigenvalue weighted by atomic mass is 10.00. The van der Waals surface area contributed by atoms with Crippen LogP contribution in [0.2, 0.25) is 0 Å². The van der Waals surface area contributed by atoms with E-state index in [9.17, 15) is 4.79 Å². The summed E-state index contributed by atoms with van der Waals surface area (Å²) in [5, 5.41) is 7.29. The Balaban J connectivity index is 2.58. The molecule has 0 fully saturated rings. The van der Waals surface area contributed by atoms with Crippen LogP contribution in [0.5, 0.6) is 0 Å². The highest BCUT2D eigenvalue weighted by Crippen LogP contribution is 2.11. The number of carbonyl (C=O) groups excluding carboxylic acids is 1. The fourth-order valence-corrected chi connectivity index (χ4v) is 2.31. The third-order valence-corrected chi connectivity index (χ3v) is 3.31. The third kappa shape index (κ3) is 4.67. The van der Waals surface area contributed by atoms with Crippen LogP contribution in [0.3, 0.4) is 0 Å². The molecule has 1 amide bonds. The largest absolute Gasteiger partial charge is 0.352 e. The SMILES string of the molecule is CCCC(CCN)CNC(=O)c1cn(C)nc1CC. The second-order valence-electron chi connectivity index (χ2n) is 4.96. The molecule has 0 spiro atoms. The number of aryl methyl sites for hydroxylation is 2. The molecule has 0 saturated heterocycles. The van der Waals surface area contributed by atoms with Crippen molar-refractivity contribution in [3.63, 3.8) is 0 Å². The van der Waals surface area contributed by atoms with Crippen molar-refractivity contribution in [2.45, 2.75) is 39.5 Å². The summed E-state index contributed by atoms with van der Waals surface area (Å²) in [7, 11) is 1.84. The van der Waals surface area contributed by atoms with Crippen molar-refractivity contribution < 1.29 is 4.79 Å². The molecule has 0 bridgehead atoms. The monoisotopic (exact) mass is 266 g/mol. The van der Waals surface area contributed by atoms with Crippen LogP contribution in [0.25, 0.3) is 0 Å². The number of hydrogen-bond acceptors (Lipinski definition) is 3. The molecule has 0 saturated carbocycles. The molecule has 5 nitrogen and oxygen atoms in total. The van der Waals surface area contributed by atoms with Crippen LogP contribution in [-0.4, -0.2) is 28.8 Å². The molecule has 1 rings (SSSR count). The molecule has 0 aromatic carbocycles. The number of carbonyl (C=O) groups is 1. The predicted molar refractivity (Wildman–Crippen MR) is 77.0 cm³/mol. The molecular formula is C14H26N4O. The van der Waals surface area contributed by atoms with E-state index in [-0.39, 0.29) is 5.91 Å². The summed E-state index contributed by atoms with van der Waals surface area (Å²) in [6.45, 7) is 5.53. The number of rotatable bonds is 8. The van der Waals surface area contributed by atoms with Gasteiger partial charge in [-0.3, -0.25) is 9.48 Å². The van der Waals surface area contributed by atoms with Crippen LogP contribution in [0, 0.1) is 5.92 Å². The maximum absolute atomic E-state index is 12.2. The molecule has 108 valence electrons. The minimum Gasteiger partial charge on any atom is -0.352 e. The van der Waals surface area contributed by atoms with E-state index >= 15 is 0 Å². The predicted octanol–water partition coefficient (Wildman–Crippen LogP) is 1.48. The van der Waals surface area contributed by atoms with Crippen molar-refractivity contribution in [3.05, 3.63) is 17.5 Å². The highest BCUT2D eigenvalue weighted by molar-refractivity contribution is 5.95. The van der Waals surface area contributed by atoms with Crippen LogP contribution >= 0.6 is 0 Å². The van der Waals surface area contributed by atoms with Gasteiger partial charge in [-0.2, -0.15) is 5.10 Å². The van der Waals surface area contributed by atoms with E-state index in [2.05, 4.69) is 17.3 Å². The first-order valence-corrected chi connectivity index (χ1v) is 7.13. The van der Waals surface area contributed by atoms with Crippen molar-refractivity contribution in [1.82, 2.24) is 15.1 Å². The number of hydrogen-bond donors (Lipinski definition) is 2. The van der Waals surface area contributed by atoms with Crippen molar-refractivity contribution in [2.24, 2.45) is 18.7 Å². The third-order valence-electron chi connectivity index (χ3n) is 3.31. The normalized spacial score (nSPS) is 12.4. The zero-order chi connectivity index (χ0) is 14.3. The van der Waals surface area contributed by atoms with Gasteiger partial charge in [0.15, 0.2) is 0 Å². The highest BCUT2D eigenvalue weighted by atomic mass is 16.1. The summed E-state index contributed by atoms with van der Waals surface area (Å²) in [6, 6.07) is 0. The van der Waals surface area contributed by atoms with Crippen molar-refractivity contribution in [3.8, 4) is 0 Å². The Kier molecular flexibility index (Phi) is 6.56. The molecule has 0 aliphatic carbocycles. The highest BCUT2D eigenvalue weighted by Gasteiger charge is 2.15. The van der Waals surface area contributed by atoms with Gasteiger partial charge in [-0.15, -0.1) is 0 Å².